The third-order valence-electron chi connectivity index (χ3n) is 1.79. The van der Waals surface area contributed by atoms with Gasteiger partial charge in [0.2, 0.25) is 0 Å². The number of anilines is 1. The number of esters is 1. The second-order valence-electron chi connectivity index (χ2n) is 3.13. The van der Waals surface area contributed by atoms with Crippen LogP contribution >= 0.6 is 0 Å². The molecule has 90 valence electrons. The van der Waals surface area contributed by atoms with Crippen molar-refractivity contribution in [1.29, 1.82) is 0 Å². The maximum Gasteiger partial charge on any atom is 0.330 e. The van der Waals surface area contributed by atoms with E-state index in [0.29, 0.717) is 18.0 Å². The van der Waals surface area contributed by atoms with Crippen molar-refractivity contribution in [3.8, 4) is 5.75 Å². The van der Waals surface area contributed by atoms with Crippen LogP contribution in [0.2, 0.25) is 0 Å². The first-order valence-corrected chi connectivity index (χ1v) is 5.24. The molecule has 0 radical (unpaired) electrons. The van der Waals surface area contributed by atoms with Gasteiger partial charge in [0.15, 0.2) is 0 Å². The lowest BCUT2D eigenvalue weighted by atomic mass is 10.3. The van der Waals surface area contributed by atoms with Crippen LogP contribution in [-0.2, 0) is 9.53 Å². The van der Waals surface area contributed by atoms with Crippen LogP contribution < -0.4 is 10.5 Å². The molecule has 0 fully saturated rings. The molecule has 0 aromatic heterocycles. The fourth-order valence-corrected chi connectivity index (χ4v) is 1.03. The summed E-state index contributed by atoms with van der Waals surface area (Å²) in [5, 5.41) is 0. The lowest BCUT2D eigenvalue weighted by Gasteiger charge is -1.99. The van der Waals surface area contributed by atoms with Crippen molar-refractivity contribution >= 4 is 11.7 Å². The molecule has 4 heteroatoms. The van der Waals surface area contributed by atoms with Gasteiger partial charge in [-0.05, 0) is 37.3 Å². The Morgan fingerprint density at radius 3 is 2.65 bits per heavy atom. The van der Waals surface area contributed by atoms with E-state index in [1.165, 1.54) is 12.3 Å². The van der Waals surface area contributed by atoms with Gasteiger partial charge in [-0.1, -0.05) is 6.08 Å². The van der Waals surface area contributed by atoms with Gasteiger partial charge in [0.25, 0.3) is 0 Å². The van der Waals surface area contributed by atoms with Gasteiger partial charge >= 0.3 is 5.97 Å². The van der Waals surface area contributed by atoms with E-state index in [9.17, 15) is 4.79 Å². The van der Waals surface area contributed by atoms with Crippen LogP contribution in [0.1, 0.15) is 6.92 Å². The molecule has 0 aliphatic heterocycles. The highest BCUT2D eigenvalue weighted by Gasteiger charge is 1.91. The zero-order chi connectivity index (χ0) is 12.5. The minimum atomic E-state index is -0.371. The van der Waals surface area contributed by atoms with Gasteiger partial charge in [0, 0.05) is 11.8 Å². The van der Waals surface area contributed by atoms with E-state index < -0.39 is 0 Å². The molecule has 0 bridgehead atoms. The highest BCUT2D eigenvalue weighted by atomic mass is 16.5. The monoisotopic (exact) mass is 233 g/mol. The van der Waals surface area contributed by atoms with Crippen LogP contribution in [-0.4, -0.2) is 12.6 Å². The summed E-state index contributed by atoms with van der Waals surface area (Å²) in [6.07, 6.45) is 5.95. The normalized spacial score (nSPS) is 10.9. The molecule has 0 saturated carbocycles. The van der Waals surface area contributed by atoms with Crippen LogP contribution in [0.25, 0.3) is 0 Å². The van der Waals surface area contributed by atoms with E-state index in [0.717, 1.165) is 0 Å². The molecule has 17 heavy (non-hydrogen) atoms. The Kier molecular flexibility index (Phi) is 5.37. The third kappa shape index (κ3) is 5.41. The van der Waals surface area contributed by atoms with Gasteiger partial charge in [-0.15, -0.1) is 0 Å². The second-order valence-corrected chi connectivity index (χ2v) is 3.13. The summed E-state index contributed by atoms with van der Waals surface area (Å²) < 4.78 is 9.97. The molecule has 1 aromatic carbocycles. The minimum Gasteiger partial charge on any atom is -0.465 e. The maximum atomic E-state index is 10.9. The van der Waals surface area contributed by atoms with Crippen molar-refractivity contribution in [3.05, 3.63) is 48.8 Å². The molecule has 0 unspecified atom stereocenters. The Bertz CT molecular complexity index is 407. The van der Waals surface area contributed by atoms with Crippen LogP contribution in [0.15, 0.2) is 48.8 Å². The Labute approximate surface area is 100 Å². The summed E-state index contributed by atoms with van der Waals surface area (Å²) in [7, 11) is 0. The molecule has 0 spiro atoms. The van der Waals surface area contributed by atoms with E-state index in [-0.39, 0.29) is 5.97 Å². The van der Waals surface area contributed by atoms with E-state index in [4.69, 9.17) is 15.2 Å². The number of hydrogen-bond donors (Lipinski definition) is 1. The third-order valence-corrected chi connectivity index (χ3v) is 1.79. The first-order chi connectivity index (χ1) is 8.22. The fraction of sp³-hybridized carbons (Fsp3) is 0.154. The number of nitrogens with two attached hydrogens (primary N) is 1. The summed E-state index contributed by atoms with van der Waals surface area (Å²) in [4.78, 5) is 10.9. The predicted octanol–water partition coefficient (Wildman–Crippen LogP) is 2.28. The molecule has 0 atom stereocenters. The molecular weight excluding hydrogens is 218 g/mol. The highest BCUT2D eigenvalue weighted by Crippen LogP contribution is 2.12. The maximum absolute atomic E-state index is 10.9. The molecule has 1 rings (SSSR count). The standard InChI is InChI=1S/C13H15NO3/c1-2-16-13(15)5-3-4-10-17-12-8-6-11(14)7-9-12/h3-10H,2,14H2,1H3. The van der Waals surface area contributed by atoms with Gasteiger partial charge in [-0.25, -0.2) is 4.79 Å². The van der Waals surface area contributed by atoms with Gasteiger partial charge in [-0.2, -0.15) is 0 Å². The molecule has 0 heterocycles. The van der Waals surface area contributed by atoms with Gasteiger partial charge in [-0.3, -0.25) is 0 Å². The Morgan fingerprint density at radius 2 is 2.00 bits per heavy atom. The molecule has 0 amide bonds. The first-order valence-electron chi connectivity index (χ1n) is 5.24. The molecule has 0 aliphatic rings. The lowest BCUT2D eigenvalue weighted by Crippen LogP contribution is -1.98. The van der Waals surface area contributed by atoms with Crippen molar-refractivity contribution in [2.45, 2.75) is 6.92 Å². The summed E-state index contributed by atoms with van der Waals surface area (Å²) in [6.45, 7) is 2.13. The van der Waals surface area contributed by atoms with Gasteiger partial charge in [0.05, 0.1) is 12.9 Å². The topological polar surface area (TPSA) is 61.5 Å². The lowest BCUT2D eigenvalue weighted by molar-refractivity contribution is -0.137. The average Bonchev–Trinajstić information content (AvgIpc) is 2.31. The molecule has 0 saturated heterocycles. The number of ether oxygens (including phenoxy) is 2. The number of carbonyl (C=O) groups is 1. The van der Waals surface area contributed by atoms with E-state index >= 15 is 0 Å². The summed E-state index contributed by atoms with van der Waals surface area (Å²) in [5.41, 5.74) is 6.21. The van der Waals surface area contributed by atoms with E-state index in [1.807, 2.05) is 0 Å². The second kappa shape index (κ2) is 7.11. The SMILES string of the molecule is CCOC(=O)C=CC=COc1ccc(N)cc1. The summed E-state index contributed by atoms with van der Waals surface area (Å²) >= 11 is 0. The smallest absolute Gasteiger partial charge is 0.330 e. The van der Waals surface area contributed by atoms with Crippen LogP contribution in [0.4, 0.5) is 5.69 Å². The Morgan fingerprint density at radius 1 is 1.29 bits per heavy atom. The number of benzene rings is 1. The fourth-order valence-electron chi connectivity index (χ4n) is 1.03. The quantitative estimate of drug-likeness (QED) is 0.278. The number of nitrogen functional groups attached to an aromatic ring is 1. The zero-order valence-electron chi connectivity index (χ0n) is 9.63. The van der Waals surface area contributed by atoms with Gasteiger partial charge in [0.1, 0.15) is 5.75 Å². The van der Waals surface area contributed by atoms with Crippen molar-refractivity contribution in [1.82, 2.24) is 0 Å². The van der Waals surface area contributed by atoms with Crippen LogP contribution in [0, 0.1) is 0 Å². The Hall–Kier alpha value is -2.23. The number of hydrogen-bond acceptors (Lipinski definition) is 4. The highest BCUT2D eigenvalue weighted by molar-refractivity contribution is 5.82. The van der Waals surface area contributed by atoms with Crippen LogP contribution in [0.5, 0.6) is 5.75 Å². The number of allylic oxidation sites excluding steroid dienone is 2. The van der Waals surface area contributed by atoms with Crippen molar-refractivity contribution in [2.24, 2.45) is 0 Å². The van der Waals surface area contributed by atoms with E-state index in [1.54, 1.807) is 43.3 Å². The molecule has 0 aliphatic carbocycles. The van der Waals surface area contributed by atoms with Crippen molar-refractivity contribution < 1.29 is 14.3 Å². The van der Waals surface area contributed by atoms with Crippen molar-refractivity contribution in [2.75, 3.05) is 12.3 Å². The minimum absolute atomic E-state index is 0.370. The molecule has 1 aromatic rings. The largest absolute Gasteiger partial charge is 0.465 e. The van der Waals surface area contributed by atoms with Gasteiger partial charge < -0.3 is 15.2 Å². The molecular formula is C13H15NO3. The summed E-state index contributed by atoms with van der Waals surface area (Å²) in [5.74, 6) is 0.310. The summed E-state index contributed by atoms with van der Waals surface area (Å²) in [6, 6.07) is 7.01. The number of carbonyl (C=O) groups excluding carboxylic acids is 1. The average molecular weight is 233 g/mol. The first kappa shape index (κ1) is 12.8. The van der Waals surface area contributed by atoms with E-state index in [2.05, 4.69) is 0 Å². The molecule has 4 nitrogen and oxygen atoms in total. The zero-order valence-corrected chi connectivity index (χ0v) is 9.63. The number of rotatable bonds is 5. The predicted molar refractivity (Wildman–Crippen MR) is 66.4 cm³/mol. The molecule has 2 N–H and O–H groups in total. The van der Waals surface area contributed by atoms with Crippen molar-refractivity contribution in [3.63, 3.8) is 0 Å². The van der Waals surface area contributed by atoms with Crippen LogP contribution in [0.3, 0.4) is 0 Å². The Balaban J connectivity index is 2.35.